The number of anilines is 1. The number of piperazine rings is 1. The zero-order valence-electron chi connectivity index (χ0n) is 18.3. The van der Waals surface area contributed by atoms with Crippen LogP contribution in [-0.4, -0.2) is 71.4 Å². The van der Waals surface area contributed by atoms with Crippen molar-refractivity contribution in [2.75, 3.05) is 38.0 Å². The van der Waals surface area contributed by atoms with Crippen LogP contribution in [0.15, 0.2) is 58.2 Å². The minimum absolute atomic E-state index is 0.119. The Morgan fingerprint density at radius 1 is 1.12 bits per heavy atom. The summed E-state index contributed by atoms with van der Waals surface area (Å²) in [6.07, 6.45) is 3.66. The van der Waals surface area contributed by atoms with Gasteiger partial charge in [0, 0.05) is 62.7 Å². The quantitative estimate of drug-likeness (QED) is 0.531. The van der Waals surface area contributed by atoms with Crippen LogP contribution in [0, 0.1) is 0 Å². The fourth-order valence-corrected chi connectivity index (χ4v) is 5.06. The number of rotatable bonds is 8. The van der Waals surface area contributed by atoms with Crippen LogP contribution in [0.4, 0.5) is 5.69 Å². The lowest BCUT2D eigenvalue weighted by Crippen LogP contribution is -2.48. The van der Waals surface area contributed by atoms with Crippen molar-refractivity contribution in [2.24, 2.45) is 0 Å². The molecule has 1 N–H and O–H groups in total. The highest BCUT2D eigenvalue weighted by molar-refractivity contribution is 7.89. The van der Waals surface area contributed by atoms with E-state index in [0.29, 0.717) is 43.6 Å². The third-order valence-electron chi connectivity index (χ3n) is 5.51. The lowest BCUT2D eigenvalue weighted by molar-refractivity contribution is -0.116. The van der Waals surface area contributed by atoms with E-state index in [1.807, 2.05) is 0 Å². The summed E-state index contributed by atoms with van der Waals surface area (Å²) in [5, 5.41) is 6.68. The molecule has 0 bridgehead atoms. The summed E-state index contributed by atoms with van der Waals surface area (Å²) >= 11 is 0. The molecular formula is C22H26N6O4S. The molecule has 1 aliphatic heterocycles. The van der Waals surface area contributed by atoms with E-state index < -0.39 is 10.0 Å². The van der Waals surface area contributed by atoms with Gasteiger partial charge in [0.05, 0.1) is 4.90 Å². The first-order chi connectivity index (χ1) is 16.0. The lowest BCUT2D eigenvalue weighted by Gasteiger charge is -2.33. The molecule has 33 heavy (non-hydrogen) atoms. The fourth-order valence-electron chi connectivity index (χ4n) is 3.59. The van der Waals surface area contributed by atoms with Gasteiger partial charge in [-0.2, -0.15) is 9.29 Å². The van der Waals surface area contributed by atoms with Gasteiger partial charge >= 0.3 is 0 Å². The van der Waals surface area contributed by atoms with Gasteiger partial charge in [-0.05, 0) is 36.9 Å². The van der Waals surface area contributed by atoms with E-state index >= 15 is 0 Å². The van der Waals surface area contributed by atoms with Gasteiger partial charge in [-0.1, -0.05) is 18.1 Å². The summed E-state index contributed by atoms with van der Waals surface area (Å²) in [4.78, 5) is 23.0. The zero-order valence-corrected chi connectivity index (χ0v) is 19.2. The maximum absolute atomic E-state index is 13.0. The Balaban J connectivity index is 1.34. The molecule has 10 nitrogen and oxygen atoms in total. The van der Waals surface area contributed by atoms with Gasteiger partial charge in [0.15, 0.2) is 0 Å². The molecule has 0 atom stereocenters. The molecule has 174 valence electrons. The number of sulfonamides is 1. The van der Waals surface area contributed by atoms with E-state index in [-0.39, 0.29) is 23.6 Å². The molecule has 0 radical (unpaired) electrons. The number of aryl methyl sites for hydroxylation is 1. The minimum Gasteiger partial charge on any atom is -0.339 e. The highest BCUT2D eigenvalue weighted by Crippen LogP contribution is 2.21. The number of likely N-dealkylation sites (N-methyl/N-ethyl adjacent to an activating group) is 1. The van der Waals surface area contributed by atoms with Crippen molar-refractivity contribution in [3.8, 4) is 11.4 Å². The number of carbonyl (C=O) groups excluding carboxylic acids is 1. The molecule has 0 saturated carbocycles. The van der Waals surface area contributed by atoms with Gasteiger partial charge in [0.25, 0.3) is 0 Å². The topological polar surface area (TPSA) is 122 Å². The van der Waals surface area contributed by atoms with Gasteiger partial charge < -0.3 is 14.7 Å². The summed E-state index contributed by atoms with van der Waals surface area (Å²) in [7, 11) is -3.61. The summed E-state index contributed by atoms with van der Waals surface area (Å²) in [6.45, 7) is 5.31. The molecular weight excluding hydrogens is 444 g/mol. The van der Waals surface area contributed by atoms with Crippen LogP contribution in [0.2, 0.25) is 0 Å². The Morgan fingerprint density at radius 2 is 1.88 bits per heavy atom. The van der Waals surface area contributed by atoms with Crippen LogP contribution in [0.3, 0.4) is 0 Å². The first kappa shape index (κ1) is 23.0. The largest absolute Gasteiger partial charge is 0.339 e. The molecule has 1 fully saturated rings. The van der Waals surface area contributed by atoms with Crippen molar-refractivity contribution < 1.29 is 17.7 Å². The van der Waals surface area contributed by atoms with E-state index in [1.165, 1.54) is 10.4 Å². The molecule has 0 aliphatic carbocycles. The molecule has 3 heterocycles. The van der Waals surface area contributed by atoms with Crippen LogP contribution in [0.25, 0.3) is 11.4 Å². The number of nitrogens with zero attached hydrogens (tertiary/aromatic N) is 5. The van der Waals surface area contributed by atoms with Crippen LogP contribution in [-0.2, 0) is 21.2 Å². The van der Waals surface area contributed by atoms with Crippen molar-refractivity contribution in [2.45, 2.75) is 24.7 Å². The predicted molar refractivity (Wildman–Crippen MR) is 122 cm³/mol. The number of amides is 1. The summed E-state index contributed by atoms with van der Waals surface area (Å²) in [5.74, 6) is 0.509. The lowest BCUT2D eigenvalue weighted by atomic mass is 10.2. The van der Waals surface area contributed by atoms with Crippen molar-refractivity contribution in [1.82, 2.24) is 24.3 Å². The van der Waals surface area contributed by atoms with Gasteiger partial charge in [0.2, 0.25) is 27.6 Å². The molecule has 0 unspecified atom stereocenters. The monoisotopic (exact) mass is 470 g/mol. The van der Waals surface area contributed by atoms with Gasteiger partial charge in [-0.3, -0.25) is 9.78 Å². The molecule has 4 rings (SSSR count). The van der Waals surface area contributed by atoms with E-state index in [4.69, 9.17) is 4.52 Å². The second-order valence-electron chi connectivity index (χ2n) is 7.66. The summed E-state index contributed by atoms with van der Waals surface area (Å²) < 4.78 is 32.7. The molecule has 3 aromatic rings. The maximum atomic E-state index is 13.0. The Labute approximate surface area is 192 Å². The van der Waals surface area contributed by atoms with Crippen molar-refractivity contribution in [3.63, 3.8) is 0 Å². The number of aromatic nitrogens is 3. The first-order valence-electron chi connectivity index (χ1n) is 10.8. The first-order valence-corrected chi connectivity index (χ1v) is 12.2. The van der Waals surface area contributed by atoms with E-state index in [0.717, 1.165) is 12.1 Å². The smallest absolute Gasteiger partial charge is 0.243 e. The highest BCUT2D eigenvalue weighted by atomic mass is 32.2. The standard InChI is InChI=1S/C22H26N6O4S/c1-2-27-12-14-28(15-13-27)33(30,31)19-5-3-4-18(16-19)24-20(29)6-7-21-25-22(26-32-21)17-8-10-23-11-9-17/h3-5,8-11,16H,2,6-7,12-15H2,1H3,(H,24,29). The molecule has 1 aliphatic rings. The molecule has 11 heteroatoms. The van der Waals surface area contributed by atoms with Crippen molar-refractivity contribution in [3.05, 3.63) is 54.7 Å². The Kier molecular flexibility index (Phi) is 7.11. The molecule has 0 spiro atoms. The highest BCUT2D eigenvalue weighted by Gasteiger charge is 2.28. The Hall–Kier alpha value is -3.15. The second-order valence-corrected chi connectivity index (χ2v) is 9.60. The van der Waals surface area contributed by atoms with Crippen LogP contribution in [0.5, 0.6) is 0 Å². The maximum Gasteiger partial charge on any atom is 0.243 e. The average molecular weight is 471 g/mol. The number of carbonyl (C=O) groups is 1. The predicted octanol–water partition coefficient (Wildman–Crippen LogP) is 2.03. The Bertz CT molecular complexity index is 1190. The van der Waals surface area contributed by atoms with Gasteiger partial charge in [0.1, 0.15) is 0 Å². The van der Waals surface area contributed by atoms with Crippen LogP contribution < -0.4 is 5.32 Å². The van der Waals surface area contributed by atoms with Crippen LogP contribution >= 0.6 is 0 Å². The zero-order chi connectivity index (χ0) is 23.3. The van der Waals surface area contributed by atoms with E-state index in [1.54, 1.807) is 42.7 Å². The number of hydrogen-bond acceptors (Lipinski definition) is 8. The minimum atomic E-state index is -3.61. The second kappa shape index (κ2) is 10.2. The summed E-state index contributed by atoms with van der Waals surface area (Å²) in [6, 6.07) is 9.88. The average Bonchev–Trinajstić information content (AvgIpc) is 3.33. The van der Waals surface area contributed by atoms with Crippen molar-refractivity contribution in [1.29, 1.82) is 0 Å². The number of pyridine rings is 1. The fraction of sp³-hybridized carbons (Fsp3) is 0.364. The van der Waals surface area contributed by atoms with Crippen molar-refractivity contribution >= 4 is 21.6 Å². The number of hydrogen-bond donors (Lipinski definition) is 1. The van der Waals surface area contributed by atoms with Crippen LogP contribution in [0.1, 0.15) is 19.2 Å². The molecule has 1 aromatic carbocycles. The summed E-state index contributed by atoms with van der Waals surface area (Å²) in [5.41, 5.74) is 1.20. The SMILES string of the molecule is CCN1CCN(S(=O)(=O)c2cccc(NC(=O)CCc3nc(-c4ccncc4)no3)c2)CC1. The van der Waals surface area contributed by atoms with Gasteiger partial charge in [-0.25, -0.2) is 8.42 Å². The van der Waals surface area contributed by atoms with Gasteiger partial charge in [-0.15, -0.1) is 0 Å². The number of nitrogens with one attached hydrogen (secondary N) is 1. The molecule has 1 saturated heterocycles. The number of benzene rings is 1. The molecule has 1 amide bonds. The molecule has 2 aromatic heterocycles. The van der Waals surface area contributed by atoms with E-state index in [9.17, 15) is 13.2 Å². The third kappa shape index (κ3) is 5.62. The third-order valence-corrected chi connectivity index (χ3v) is 7.40. The van der Waals surface area contributed by atoms with E-state index in [2.05, 4.69) is 32.3 Å². The Morgan fingerprint density at radius 3 is 2.61 bits per heavy atom. The normalized spacial score (nSPS) is 15.4.